The Kier molecular flexibility index (Phi) is 6.01. The first-order valence-corrected chi connectivity index (χ1v) is 10.9. The molecule has 29 heavy (non-hydrogen) atoms. The van der Waals surface area contributed by atoms with Gasteiger partial charge in [-0.3, -0.25) is 4.79 Å². The number of thioether (sulfide) groups is 1. The summed E-state index contributed by atoms with van der Waals surface area (Å²) in [6.45, 7) is 0. The average molecular weight is 437 g/mol. The Labute approximate surface area is 172 Å². The molecule has 154 valence electrons. The molecule has 0 bridgehead atoms. The molecule has 0 aliphatic heterocycles. The van der Waals surface area contributed by atoms with Gasteiger partial charge in [0.15, 0.2) is 5.16 Å². The summed E-state index contributed by atoms with van der Waals surface area (Å²) < 4.78 is 35.2. The highest BCUT2D eigenvalue weighted by Crippen LogP contribution is 2.30. The van der Waals surface area contributed by atoms with Crippen LogP contribution < -0.4 is 19.9 Å². The number of carbonyl (C=O) groups excluding carboxylic acids is 1. The van der Waals surface area contributed by atoms with E-state index in [1.807, 2.05) is 0 Å². The summed E-state index contributed by atoms with van der Waals surface area (Å²) in [6.07, 6.45) is 0. The zero-order valence-corrected chi connectivity index (χ0v) is 17.6. The van der Waals surface area contributed by atoms with Gasteiger partial charge in [0.1, 0.15) is 11.5 Å². The minimum atomic E-state index is -3.81. The van der Waals surface area contributed by atoms with Crippen LogP contribution in [0, 0.1) is 0 Å². The first-order valence-electron chi connectivity index (χ1n) is 8.37. The minimum Gasteiger partial charge on any atom is -0.497 e. The van der Waals surface area contributed by atoms with Crippen LogP contribution in [0.5, 0.6) is 11.5 Å². The van der Waals surface area contributed by atoms with E-state index in [1.54, 1.807) is 43.0 Å². The lowest BCUT2D eigenvalue weighted by molar-refractivity contribution is -0.113. The smallest absolute Gasteiger partial charge is 0.238 e. The first kappa shape index (κ1) is 21.0. The third-order valence-corrected chi connectivity index (χ3v) is 6.10. The second-order valence-electron chi connectivity index (χ2n) is 6.05. The highest BCUT2D eigenvalue weighted by atomic mass is 32.2. The number of rotatable bonds is 7. The van der Waals surface area contributed by atoms with Gasteiger partial charge in [0.25, 0.3) is 0 Å². The Balaban J connectivity index is 1.73. The van der Waals surface area contributed by atoms with Crippen molar-refractivity contribution in [2.24, 2.45) is 12.2 Å². The lowest BCUT2D eigenvalue weighted by atomic mass is 10.2. The molecule has 0 aliphatic rings. The number of aromatic nitrogens is 2. The summed E-state index contributed by atoms with van der Waals surface area (Å²) in [6, 6.07) is 9.57. The number of anilines is 1. The lowest BCUT2D eigenvalue weighted by Crippen LogP contribution is -2.15. The molecule has 0 unspecified atom stereocenters. The van der Waals surface area contributed by atoms with E-state index in [-0.39, 0.29) is 16.6 Å². The van der Waals surface area contributed by atoms with Crippen molar-refractivity contribution in [3.63, 3.8) is 0 Å². The fourth-order valence-corrected chi connectivity index (χ4v) is 4.00. The minimum absolute atomic E-state index is 0.0102. The molecule has 3 aromatic rings. The van der Waals surface area contributed by atoms with E-state index >= 15 is 0 Å². The topological polar surface area (TPSA) is 126 Å². The average Bonchev–Trinajstić information content (AvgIpc) is 3.01. The number of nitrogens with zero attached hydrogens (tertiary/aromatic N) is 2. The molecule has 2 aromatic carbocycles. The summed E-state index contributed by atoms with van der Waals surface area (Å²) in [5, 5.41) is 8.53. The number of fused-ring (bicyclic) bond motifs is 1. The van der Waals surface area contributed by atoms with Gasteiger partial charge in [-0.2, -0.15) is 0 Å². The maximum atomic E-state index is 12.4. The number of sulfonamides is 1. The molecule has 1 amide bonds. The van der Waals surface area contributed by atoms with Gasteiger partial charge in [-0.1, -0.05) is 11.8 Å². The predicted octanol–water partition coefficient (Wildman–Crippen LogP) is 1.97. The second kappa shape index (κ2) is 8.31. The summed E-state index contributed by atoms with van der Waals surface area (Å²) in [4.78, 5) is 16.8. The summed E-state index contributed by atoms with van der Waals surface area (Å²) in [7, 11) is 1.04. The van der Waals surface area contributed by atoms with E-state index in [0.717, 1.165) is 5.52 Å². The van der Waals surface area contributed by atoms with Crippen molar-refractivity contribution in [1.82, 2.24) is 9.55 Å². The molecule has 0 spiro atoms. The molecule has 3 N–H and O–H groups in total. The normalized spacial score (nSPS) is 11.4. The molecule has 11 heteroatoms. The molecule has 0 fully saturated rings. The van der Waals surface area contributed by atoms with E-state index < -0.39 is 10.0 Å². The molecular formula is C18H20N4O5S2. The molecule has 0 aliphatic carbocycles. The third kappa shape index (κ3) is 4.63. The summed E-state index contributed by atoms with van der Waals surface area (Å²) in [5.74, 6) is 0.971. The molecular weight excluding hydrogens is 416 g/mol. The Bertz CT molecular complexity index is 1170. The molecule has 0 atom stereocenters. The SMILES string of the molecule is COc1ccc(NC(=O)CSc2nc3cc(S(N)(=O)=O)ccc3n2C)c(OC)c1. The number of ether oxygens (including phenoxy) is 2. The summed E-state index contributed by atoms with van der Waals surface area (Å²) in [5.41, 5.74) is 1.75. The molecule has 9 nitrogen and oxygen atoms in total. The van der Waals surface area contributed by atoms with Gasteiger partial charge < -0.3 is 19.4 Å². The van der Waals surface area contributed by atoms with Crippen molar-refractivity contribution < 1.29 is 22.7 Å². The van der Waals surface area contributed by atoms with Crippen LogP contribution in [0.2, 0.25) is 0 Å². The number of aryl methyl sites for hydroxylation is 1. The largest absolute Gasteiger partial charge is 0.497 e. The van der Waals surface area contributed by atoms with Crippen molar-refractivity contribution in [3.05, 3.63) is 36.4 Å². The number of nitrogens with one attached hydrogen (secondary N) is 1. The standard InChI is InChI=1S/C18H20N4O5S2/c1-22-15-7-5-12(29(19,24)25)9-14(15)21-18(22)28-10-17(23)20-13-6-4-11(26-2)8-16(13)27-3/h4-9H,10H2,1-3H3,(H,20,23)(H2,19,24,25). The Hall–Kier alpha value is -2.76. The van der Waals surface area contributed by atoms with Crippen LogP contribution >= 0.6 is 11.8 Å². The van der Waals surface area contributed by atoms with E-state index in [2.05, 4.69) is 10.3 Å². The lowest BCUT2D eigenvalue weighted by Gasteiger charge is -2.11. The Morgan fingerprint density at radius 3 is 2.62 bits per heavy atom. The fourth-order valence-electron chi connectivity index (χ4n) is 2.68. The number of benzene rings is 2. The number of hydrogen-bond donors (Lipinski definition) is 2. The van der Waals surface area contributed by atoms with Gasteiger partial charge in [0.05, 0.1) is 41.6 Å². The Morgan fingerprint density at radius 2 is 1.97 bits per heavy atom. The number of primary sulfonamides is 1. The number of hydrogen-bond acceptors (Lipinski definition) is 7. The van der Waals surface area contributed by atoms with Crippen LogP contribution in [0.15, 0.2) is 46.5 Å². The zero-order valence-electron chi connectivity index (χ0n) is 16.0. The maximum Gasteiger partial charge on any atom is 0.238 e. The third-order valence-electron chi connectivity index (χ3n) is 4.15. The fraction of sp³-hybridized carbons (Fsp3) is 0.222. The molecule has 0 radical (unpaired) electrons. The molecule has 3 rings (SSSR count). The van der Waals surface area contributed by atoms with Crippen LogP contribution in [-0.2, 0) is 21.9 Å². The molecule has 0 saturated heterocycles. The van der Waals surface area contributed by atoms with E-state index in [4.69, 9.17) is 14.6 Å². The molecule has 1 aromatic heterocycles. The van der Waals surface area contributed by atoms with Crippen LogP contribution in [0.3, 0.4) is 0 Å². The number of methoxy groups -OCH3 is 2. The Morgan fingerprint density at radius 1 is 1.21 bits per heavy atom. The number of amides is 1. The zero-order chi connectivity index (χ0) is 21.2. The van der Waals surface area contributed by atoms with Gasteiger partial charge in [-0.05, 0) is 30.3 Å². The van der Waals surface area contributed by atoms with Crippen molar-refractivity contribution in [2.45, 2.75) is 10.1 Å². The molecule has 0 saturated carbocycles. The summed E-state index contributed by atoms with van der Waals surface area (Å²) >= 11 is 1.23. The molecule has 1 heterocycles. The van der Waals surface area contributed by atoms with Crippen molar-refractivity contribution in [1.29, 1.82) is 0 Å². The number of nitrogens with two attached hydrogens (primary N) is 1. The van der Waals surface area contributed by atoms with Crippen LogP contribution in [0.25, 0.3) is 11.0 Å². The van der Waals surface area contributed by atoms with Crippen LogP contribution in [0.4, 0.5) is 5.69 Å². The van der Waals surface area contributed by atoms with Crippen molar-refractivity contribution in [2.75, 3.05) is 25.3 Å². The second-order valence-corrected chi connectivity index (χ2v) is 8.56. The van der Waals surface area contributed by atoms with Crippen molar-refractivity contribution in [3.8, 4) is 11.5 Å². The van der Waals surface area contributed by atoms with Crippen LogP contribution in [0.1, 0.15) is 0 Å². The first-order chi connectivity index (χ1) is 13.7. The maximum absolute atomic E-state index is 12.4. The van der Waals surface area contributed by atoms with Gasteiger partial charge in [0.2, 0.25) is 15.9 Å². The van der Waals surface area contributed by atoms with Gasteiger partial charge in [-0.25, -0.2) is 18.5 Å². The monoisotopic (exact) mass is 436 g/mol. The van der Waals surface area contributed by atoms with Gasteiger partial charge in [-0.15, -0.1) is 0 Å². The van der Waals surface area contributed by atoms with Gasteiger partial charge >= 0.3 is 0 Å². The highest BCUT2D eigenvalue weighted by molar-refractivity contribution is 7.99. The highest BCUT2D eigenvalue weighted by Gasteiger charge is 2.15. The number of carbonyl (C=O) groups is 1. The van der Waals surface area contributed by atoms with Crippen molar-refractivity contribution >= 4 is 44.4 Å². The van der Waals surface area contributed by atoms with Crippen LogP contribution in [-0.4, -0.2) is 43.8 Å². The van der Waals surface area contributed by atoms with E-state index in [9.17, 15) is 13.2 Å². The van der Waals surface area contributed by atoms with Gasteiger partial charge in [0, 0.05) is 13.1 Å². The van der Waals surface area contributed by atoms with E-state index in [1.165, 1.54) is 31.0 Å². The number of imidazole rings is 1. The van der Waals surface area contributed by atoms with E-state index in [0.29, 0.717) is 27.9 Å². The quantitative estimate of drug-likeness (QED) is 0.542. The predicted molar refractivity (Wildman–Crippen MR) is 111 cm³/mol.